The molecule has 178 valence electrons. The highest BCUT2D eigenvalue weighted by Crippen LogP contribution is 2.40. The highest BCUT2D eigenvalue weighted by Gasteiger charge is 2.54. The maximum absolute atomic E-state index is 12.9. The molecule has 0 spiro atoms. The van der Waals surface area contributed by atoms with Crippen LogP contribution in [0.3, 0.4) is 0 Å². The first-order chi connectivity index (χ1) is 15.4. The summed E-state index contributed by atoms with van der Waals surface area (Å²) < 4.78 is 9.03. The molecule has 1 saturated heterocycles. The Bertz CT molecular complexity index is 1060. The number of aromatic nitrogens is 2. The third kappa shape index (κ3) is 5.42. The highest BCUT2D eigenvalue weighted by atomic mass is 32.2. The largest absolute Gasteiger partial charge is 0.477 e. The van der Waals surface area contributed by atoms with E-state index in [2.05, 4.69) is 19.8 Å². The SMILES string of the molecule is CC1=C(C(=O)O)N2C(=O)C(NC(=O)C(=NOCC(=O)OC(C)(C)C)c3nsc(N)n3)[C@@H]2SC1. The molecule has 1 aromatic rings. The van der Waals surface area contributed by atoms with Crippen molar-refractivity contribution >= 4 is 57.9 Å². The number of ether oxygens (including phenoxy) is 1. The first kappa shape index (κ1) is 24.4. The second-order valence-corrected chi connectivity index (χ2v) is 9.94. The minimum Gasteiger partial charge on any atom is -0.477 e. The standard InChI is InChI=1S/C18H22N6O7S2/c1-7-6-32-15-10(14(27)24(15)11(7)16(28)29)20-13(26)9(12-21-17(19)33-23-12)22-30-5-8(25)31-18(2,3)4/h10,15H,5-6H2,1-4H3,(H,20,26)(H,28,29)(H2,19,21,23)/t10?,15-/m0/s1. The molecule has 1 fully saturated rings. The van der Waals surface area contributed by atoms with E-state index in [1.54, 1.807) is 27.7 Å². The molecule has 2 atom stereocenters. The number of anilines is 1. The van der Waals surface area contributed by atoms with Crippen LogP contribution in [0.5, 0.6) is 0 Å². The van der Waals surface area contributed by atoms with E-state index in [4.69, 9.17) is 15.3 Å². The number of carboxylic acid groups (broad SMARTS) is 1. The average molecular weight is 499 g/mol. The molecular weight excluding hydrogens is 476 g/mol. The third-order valence-corrected chi connectivity index (χ3v) is 6.24. The number of carbonyl (C=O) groups is 4. The van der Waals surface area contributed by atoms with Gasteiger partial charge in [0.05, 0.1) is 0 Å². The van der Waals surface area contributed by atoms with E-state index >= 15 is 0 Å². The summed E-state index contributed by atoms with van der Waals surface area (Å²) in [4.78, 5) is 58.9. The number of oxime groups is 1. The van der Waals surface area contributed by atoms with Crippen molar-refractivity contribution in [1.82, 2.24) is 19.6 Å². The van der Waals surface area contributed by atoms with E-state index in [9.17, 15) is 24.3 Å². The van der Waals surface area contributed by atoms with Gasteiger partial charge in [-0.15, -0.1) is 11.8 Å². The number of β-lactam (4-membered cyclic amide) rings is 1. The van der Waals surface area contributed by atoms with Crippen LogP contribution in [0.2, 0.25) is 0 Å². The van der Waals surface area contributed by atoms with Crippen LogP contribution in [0.25, 0.3) is 0 Å². The molecule has 2 aliphatic heterocycles. The first-order valence-electron chi connectivity index (χ1n) is 9.59. The maximum Gasteiger partial charge on any atom is 0.352 e. The van der Waals surface area contributed by atoms with E-state index in [0.29, 0.717) is 11.3 Å². The molecule has 2 aliphatic rings. The molecule has 4 N–H and O–H groups in total. The van der Waals surface area contributed by atoms with E-state index in [1.165, 1.54) is 11.8 Å². The molecule has 3 heterocycles. The summed E-state index contributed by atoms with van der Waals surface area (Å²) in [6.07, 6.45) is 0. The summed E-state index contributed by atoms with van der Waals surface area (Å²) in [5.41, 5.74) is 4.93. The molecule has 33 heavy (non-hydrogen) atoms. The number of carbonyl (C=O) groups excluding carboxylic acids is 3. The van der Waals surface area contributed by atoms with Crippen molar-refractivity contribution < 1.29 is 33.9 Å². The normalized spacial score (nSPS) is 20.7. The van der Waals surface area contributed by atoms with Gasteiger partial charge in [0.15, 0.2) is 5.13 Å². The Morgan fingerprint density at radius 3 is 2.64 bits per heavy atom. The monoisotopic (exact) mass is 498 g/mol. The van der Waals surface area contributed by atoms with Crippen molar-refractivity contribution in [2.45, 2.75) is 44.7 Å². The van der Waals surface area contributed by atoms with Gasteiger partial charge in [-0.1, -0.05) is 5.16 Å². The number of hydrogen-bond donors (Lipinski definition) is 3. The van der Waals surface area contributed by atoms with Gasteiger partial charge in [0, 0.05) is 17.3 Å². The number of esters is 1. The lowest BCUT2D eigenvalue weighted by Gasteiger charge is -2.49. The van der Waals surface area contributed by atoms with Crippen LogP contribution >= 0.6 is 23.3 Å². The van der Waals surface area contributed by atoms with Crippen molar-refractivity contribution in [2.75, 3.05) is 18.1 Å². The molecule has 0 bridgehead atoms. The number of carboxylic acids is 1. The minimum atomic E-state index is -1.21. The maximum atomic E-state index is 12.9. The summed E-state index contributed by atoms with van der Waals surface area (Å²) in [5.74, 6) is -3.09. The Labute approximate surface area is 196 Å². The fourth-order valence-electron chi connectivity index (χ4n) is 3.02. The summed E-state index contributed by atoms with van der Waals surface area (Å²) >= 11 is 2.14. The highest BCUT2D eigenvalue weighted by molar-refractivity contribution is 8.00. The van der Waals surface area contributed by atoms with Gasteiger partial charge in [0.25, 0.3) is 11.8 Å². The number of nitrogens with zero attached hydrogens (tertiary/aromatic N) is 4. The van der Waals surface area contributed by atoms with Crippen molar-refractivity contribution in [2.24, 2.45) is 5.16 Å². The quantitative estimate of drug-likeness (QED) is 0.198. The van der Waals surface area contributed by atoms with Crippen LogP contribution in [0.15, 0.2) is 16.4 Å². The molecule has 15 heteroatoms. The topological polar surface area (TPSA) is 186 Å². The number of nitrogen functional groups attached to an aromatic ring is 1. The van der Waals surface area contributed by atoms with Gasteiger partial charge in [0.1, 0.15) is 22.7 Å². The van der Waals surface area contributed by atoms with Gasteiger partial charge < -0.3 is 25.7 Å². The Morgan fingerprint density at radius 2 is 2.06 bits per heavy atom. The molecule has 0 aromatic carbocycles. The molecule has 0 saturated carbocycles. The van der Waals surface area contributed by atoms with Gasteiger partial charge in [-0.25, -0.2) is 9.59 Å². The summed E-state index contributed by atoms with van der Waals surface area (Å²) in [6.45, 7) is 6.11. The smallest absolute Gasteiger partial charge is 0.352 e. The predicted octanol–water partition coefficient (Wildman–Crippen LogP) is -0.0588. The molecular formula is C18H22N6O7S2. The Morgan fingerprint density at radius 1 is 1.36 bits per heavy atom. The number of thioether (sulfide) groups is 1. The molecule has 1 unspecified atom stereocenters. The van der Waals surface area contributed by atoms with Gasteiger partial charge in [-0.2, -0.15) is 9.36 Å². The average Bonchev–Trinajstić information content (AvgIpc) is 3.13. The number of fused-ring (bicyclic) bond motifs is 1. The second-order valence-electron chi connectivity index (χ2n) is 8.05. The second kappa shape index (κ2) is 9.35. The van der Waals surface area contributed by atoms with Crippen LogP contribution < -0.4 is 11.1 Å². The molecule has 1 aromatic heterocycles. The van der Waals surface area contributed by atoms with Crippen LogP contribution in [0.4, 0.5) is 5.13 Å². The van der Waals surface area contributed by atoms with Gasteiger partial charge in [-0.3, -0.25) is 14.5 Å². The Kier molecular flexibility index (Phi) is 6.92. The predicted molar refractivity (Wildman–Crippen MR) is 118 cm³/mol. The number of amides is 2. The van der Waals surface area contributed by atoms with Crippen molar-refractivity contribution in [3.05, 3.63) is 17.1 Å². The van der Waals surface area contributed by atoms with Crippen LogP contribution in [-0.4, -0.2) is 78.2 Å². The van der Waals surface area contributed by atoms with Crippen LogP contribution in [0.1, 0.15) is 33.5 Å². The fraction of sp³-hybridized carbons (Fsp3) is 0.500. The van der Waals surface area contributed by atoms with E-state index in [1.807, 2.05) is 0 Å². The first-order valence-corrected chi connectivity index (χ1v) is 11.4. The van der Waals surface area contributed by atoms with E-state index in [0.717, 1.165) is 16.4 Å². The molecule has 2 amide bonds. The molecule has 0 aliphatic carbocycles. The third-order valence-electron chi connectivity index (χ3n) is 4.27. The molecule has 13 nitrogen and oxygen atoms in total. The van der Waals surface area contributed by atoms with Gasteiger partial charge in [0.2, 0.25) is 18.1 Å². The molecule has 0 radical (unpaired) electrons. The van der Waals surface area contributed by atoms with Gasteiger partial charge in [-0.05, 0) is 33.3 Å². The minimum absolute atomic E-state index is 0.0677. The number of rotatable bonds is 7. The van der Waals surface area contributed by atoms with Crippen LogP contribution in [-0.2, 0) is 28.8 Å². The number of nitrogens with two attached hydrogens (primary N) is 1. The lowest BCUT2D eigenvalue weighted by atomic mass is 10.0. The Hall–Kier alpha value is -3.20. The summed E-state index contributed by atoms with van der Waals surface area (Å²) in [6, 6.07) is -0.989. The van der Waals surface area contributed by atoms with E-state index in [-0.39, 0.29) is 16.7 Å². The zero-order chi connectivity index (χ0) is 24.5. The number of hydrogen-bond acceptors (Lipinski definition) is 12. The lowest BCUT2D eigenvalue weighted by molar-refractivity contribution is -0.160. The van der Waals surface area contributed by atoms with Crippen molar-refractivity contribution in [3.8, 4) is 0 Å². The number of nitrogens with one attached hydrogen (secondary N) is 1. The van der Waals surface area contributed by atoms with Crippen molar-refractivity contribution in [1.29, 1.82) is 0 Å². The van der Waals surface area contributed by atoms with Crippen LogP contribution in [0, 0.1) is 0 Å². The fourth-order valence-corrected chi connectivity index (χ4v) is 4.75. The van der Waals surface area contributed by atoms with Gasteiger partial charge >= 0.3 is 11.9 Å². The van der Waals surface area contributed by atoms with Crippen molar-refractivity contribution in [3.63, 3.8) is 0 Å². The molecule has 3 rings (SSSR count). The zero-order valence-electron chi connectivity index (χ0n) is 18.1. The Balaban J connectivity index is 1.73. The number of aliphatic carboxylic acids is 1. The van der Waals surface area contributed by atoms with E-state index < -0.39 is 53.1 Å². The zero-order valence-corrected chi connectivity index (χ0v) is 19.8. The summed E-state index contributed by atoms with van der Waals surface area (Å²) in [5, 5.41) is 15.1. The lowest BCUT2D eigenvalue weighted by Crippen LogP contribution is -2.71. The summed E-state index contributed by atoms with van der Waals surface area (Å²) in [7, 11) is 0.